The maximum absolute atomic E-state index is 12.1. The molecule has 0 bridgehead atoms. The Balaban J connectivity index is 1.65. The average Bonchev–Trinajstić information content (AvgIpc) is 3.00. The second kappa shape index (κ2) is 8.26. The standard InChI is InChI=1S/C19H18N4O2S/c1-13-17(26-19(20)22-13)18(24)23-21-11-15-9-5-6-10-16(15)25-12-14-7-3-2-4-8-14/h2-11H,12H2,1H3,(H2,20,22)(H,23,24). The average molecular weight is 366 g/mol. The van der Waals surface area contributed by atoms with E-state index in [1.54, 1.807) is 13.1 Å². The van der Waals surface area contributed by atoms with Crippen molar-refractivity contribution in [1.82, 2.24) is 10.4 Å². The van der Waals surface area contributed by atoms with Crippen molar-refractivity contribution < 1.29 is 9.53 Å². The van der Waals surface area contributed by atoms with Crippen LogP contribution < -0.4 is 15.9 Å². The number of carbonyl (C=O) groups is 1. The number of anilines is 1. The van der Waals surface area contributed by atoms with Crippen molar-refractivity contribution in [2.24, 2.45) is 5.10 Å². The highest BCUT2D eigenvalue weighted by atomic mass is 32.1. The summed E-state index contributed by atoms with van der Waals surface area (Å²) in [6.07, 6.45) is 1.55. The molecule has 1 amide bonds. The number of ether oxygens (including phenoxy) is 1. The van der Waals surface area contributed by atoms with E-state index in [2.05, 4.69) is 15.5 Å². The Hall–Kier alpha value is -3.19. The van der Waals surface area contributed by atoms with Crippen LogP contribution in [0.25, 0.3) is 0 Å². The Labute approximate surface area is 155 Å². The minimum Gasteiger partial charge on any atom is -0.488 e. The number of nitrogens with one attached hydrogen (secondary N) is 1. The van der Waals surface area contributed by atoms with E-state index in [0.29, 0.717) is 28.1 Å². The van der Waals surface area contributed by atoms with Crippen molar-refractivity contribution in [2.45, 2.75) is 13.5 Å². The molecule has 0 saturated carbocycles. The summed E-state index contributed by atoms with van der Waals surface area (Å²) in [5, 5.41) is 4.38. The van der Waals surface area contributed by atoms with E-state index in [1.807, 2.05) is 54.6 Å². The van der Waals surface area contributed by atoms with Crippen LogP contribution in [0.3, 0.4) is 0 Å². The summed E-state index contributed by atoms with van der Waals surface area (Å²) >= 11 is 1.13. The molecule has 0 unspecified atom stereocenters. The van der Waals surface area contributed by atoms with Crippen molar-refractivity contribution in [3.63, 3.8) is 0 Å². The monoisotopic (exact) mass is 366 g/mol. The van der Waals surface area contributed by atoms with Gasteiger partial charge in [0.1, 0.15) is 17.2 Å². The van der Waals surface area contributed by atoms with Gasteiger partial charge in [-0.05, 0) is 24.6 Å². The topological polar surface area (TPSA) is 89.6 Å². The van der Waals surface area contributed by atoms with Crippen LogP contribution in [-0.2, 0) is 6.61 Å². The predicted molar refractivity (Wildman–Crippen MR) is 104 cm³/mol. The highest BCUT2D eigenvalue weighted by Gasteiger charge is 2.13. The number of aryl methyl sites for hydroxylation is 1. The molecule has 1 heterocycles. The second-order valence-corrected chi connectivity index (χ2v) is 6.51. The molecule has 26 heavy (non-hydrogen) atoms. The van der Waals surface area contributed by atoms with Gasteiger partial charge in [-0.2, -0.15) is 5.10 Å². The molecule has 0 aliphatic carbocycles. The molecule has 6 nitrogen and oxygen atoms in total. The van der Waals surface area contributed by atoms with E-state index in [1.165, 1.54) is 0 Å². The minimum absolute atomic E-state index is 0.337. The van der Waals surface area contributed by atoms with E-state index >= 15 is 0 Å². The number of amides is 1. The number of aromatic nitrogens is 1. The molecule has 3 N–H and O–H groups in total. The molecular formula is C19H18N4O2S. The largest absolute Gasteiger partial charge is 0.488 e. The highest BCUT2D eigenvalue weighted by Crippen LogP contribution is 2.20. The molecule has 7 heteroatoms. The lowest BCUT2D eigenvalue weighted by Gasteiger charge is -2.08. The van der Waals surface area contributed by atoms with Gasteiger partial charge in [0.25, 0.3) is 5.91 Å². The van der Waals surface area contributed by atoms with Gasteiger partial charge in [0, 0.05) is 5.56 Å². The Bertz CT molecular complexity index is 922. The molecule has 3 aromatic rings. The number of thiazole rings is 1. The zero-order chi connectivity index (χ0) is 18.4. The highest BCUT2D eigenvalue weighted by molar-refractivity contribution is 7.17. The second-order valence-electron chi connectivity index (χ2n) is 5.48. The van der Waals surface area contributed by atoms with Gasteiger partial charge in [-0.25, -0.2) is 10.4 Å². The number of nitrogens with two attached hydrogens (primary N) is 1. The van der Waals surface area contributed by atoms with E-state index in [-0.39, 0.29) is 5.91 Å². The molecule has 0 aliphatic rings. The normalized spacial score (nSPS) is 10.8. The first-order chi connectivity index (χ1) is 12.6. The number of carbonyl (C=O) groups excluding carboxylic acids is 1. The zero-order valence-electron chi connectivity index (χ0n) is 14.2. The van der Waals surface area contributed by atoms with Crippen LogP contribution >= 0.6 is 11.3 Å². The summed E-state index contributed by atoms with van der Waals surface area (Å²) in [6.45, 7) is 2.19. The van der Waals surface area contributed by atoms with Crippen LogP contribution in [0, 0.1) is 6.92 Å². The first kappa shape index (κ1) is 17.6. The summed E-state index contributed by atoms with van der Waals surface area (Å²) in [5.41, 5.74) is 10.5. The van der Waals surface area contributed by atoms with E-state index in [4.69, 9.17) is 10.5 Å². The van der Waals surface area contributed by atoms with Crippen LogP contribution in [-0.4, -0.2) is 17.1 Å². The van der Waals surface area contributed by atoms with Crippen molar-refractivity contribution in [3.05, 3.63) is 76.3 Å². The maximum Gasteiger partial charge on any atom is 0.283 e. The molecule has 0 aliphatic heterocycles. The molecule has 1 aromatic heterocycles. The number of hydrazone groups is 1. The third-order valence-corrected chi connectivity index (χ3v) is 4.53. The van der Waals surface area contributed by atoms with Crippen molar-refractivity contribution in [1.29, 1.82) is 0 Å². The summed E-state index contributed by atoms with van der Waals surface area (Å²) in [4.78, 5) is 16.6. The molecule has 0 atom stereocenters. The first-order valence-electron chi connectivity index (χ1n) is 7.95. The predicted octanol–water partition coefficient (Wildman–Crippen LogP) is 3.38. The third kappa shape index (κ3) is 4.46. The molecular weight excluding hydrogens is 348 g/mol. The lowest BCUT2D eigenvalue weighted by Crippen LogP contribution is -2.17. The van der Waals surface area contributed by atoms with Crippen molar-refractivity contribution >= 4 is 28.6 Å². The Morgan fingerprint density at radius 3 is 2.69 bits per heavy atom. The van der Waals surface area contributed by atoms with Crippen LogP contribution in [0.1, 0.15) is 26.5 Å². The molecule has 0 saturated heterocycles. The fourth-order valence-electron chi connectivity index (χ4n) is 2.29. The number of hydrogen-bond donors (Lipinski definition) is 2. The Kier molecular flexibility index (Phi) is 5.60. The molecule has 0 fully saturated rings. The van der Waals surface area contributed by atoms with Crippen molar-refractivity contribution in [2.75, 3.05) is 5.73 Å². The van der Waals surface area contributed by atoms with Gasteiger partial charge in [0.15, 0.2) is 5.13 Å². The van der Waals surface area contributed by atoms with Crippen LogP contribution in [0.4, 0.5) is 5.13 Å². The molecule has 132 valence electrons. The lowest BCUT2D eigenvalue weighted by molar-refractivity contribution is 0.0958. The van der Waals surface area contributed by atoms with Gasteiger partial charge in [-0.3, -0.25) is 4.79 Å². The van der Waals surface area contributed by atoms with Crippen LogP contribution in [0.2, 0.25) is 0 Å². The van der Waals surface area contributed by atoms with Crippen LogP contribution in [0.15, 0.2) is 59.7 Å². The van der Waals surface area contributed by atoms with Gasteiger partial charge in [0.05, 0.1) is 11.9 Å². The van der Waals surface area contributed by atoms with Gasteiger partial charge in [-0.1, -0.05) is 53.8 Å². The van der Waals surface area contributed by atoms with Crippen molar-refractivity contribution in [3.8, 4) is 5.75 Å². The summed E-state index contributed by atoms with van der Waals surface area (Å²) in [6, 6.07) is 17.4. The number of para-hydroxylation sites is 1. The number of hydrogen-bond acceptors (Lipinski definition) is 6. The number of nitrogen functional groups attached to an aromatic ring is 1. The quantitative estimate of drug-likeness (QED) is 0.517. The lowest BCUT2D eigenvalue weighted by atomic mass is 10.2. The Morgan fingerprint density at radius 1 is 1.23 bits per heavy atom. The molecule has 2 aromatic carbocycles. The zero-order valence-corrected chi connectivity index (χ0v) is 15.0. The molecule has 0 radical (unpaired) electrons. The minimum atomic E-state index is -0.337. The van der Waals surface area contributed by atoms with Gasteiger partial charge < -0.3 is 10.5 Å². The summed E-state index contributed by atoms with van der Waals surface area (Å²) < 4.78 is 5.86. The molecule has 3 rings (SSSR count). The van der Waals surface area contributed by atoms with E-state index in [0.717, 1.165) is 22.5 Å². The molecule has 0 spiro atoms. The maximum atomic E-state index is 12.1. The smallest absolute Gasteiger partial charge is 0.283 e. The van der Waals surface area contributed by atoms with Crippen LogP contribution in [0.5, 0.6) is 5.75 Å². The fraction of sp³-hybridized carbons (Fsp3) is 0.105. The third-order valence-electron chi connectivity index (χ3n) is 3.55. The summed E-state index contributed by atoms with van der Waals surface area (Å²) in [7, 11) is 0. The number of benzene rings is 2. The van der Waals surface area contributed by atoms with E-state index < -0.39 is 0 Å². The van der Waals surface area contributed by atoms with Gasteiger partial charge in [-0.15, -0.1) is 0 Å². The van der Waals surface area contributed by atoms with Gasteiger partial charge in [0.2, 0.25) is 0 Å². The number of nitrogens with zero attached hydrogens (tertiary/aromatic N) is 2. The first-order valence-corrected chi connectivity index (χ1v) is 8.77. The van der Waals surface area contributed by atoms with E-state index in [9.17, 15) is 4.79 Å². The Morgan fingerprint density at radius 2 is 1.96 bits per heavy atom. The summed E-state index contributed by atoms with van der Waals surface area (Å²) in [5.74, 6) is 0.350. The fourth-order valence-corrected chi connectivity index (χ4v) is 3.02. The number of rotatable bonds is 6. The van der Waals surface area contributed by atoms with Gasteiger partial charge >= 0.3 is 0 Å². The SMILES string of the molecule is Cc1nc(N)sc1C(=O)NN=Cc1ccccc1OCc1ccccc1.